The van der Waals surface area contributed by atoms with Gasteiger partial charge in [0.25, 0.3) is 0 Å². The number of nitrogens with one attached hydrogen (secondary N) is 1. The molecule has 2 unspecified atom stereocenters. The number of nitrogens with zero attached hydrogens (tertiary/aromatic N) is 3. The molecule has 2 aliphatic carbocycles. The summed E-state index contributed by atoms with van der Waals surface area (Å²) in [5, 5.41) is 3.58. The predicted molar refractivity (Wildman–Crippen MR) is 145 cm³/mol. The minimum absolute atomic E-state index is 0.000951. The van der Waals surface area contributed by atoms with E-state index in [0.29, 0.717) is 11.0 Å². The minimum Gasteiger partial charge on any atom is -0.460 e. The maximum atomic E-state index is 12.7. The van der Waals surface area contributed by atoms with Gasteiger partial charge in [-0.15, -0.1) is 0 Å². The molecule has 38 heavy (non-hydrogen) atoms. The van der Waals surface area contributed by atoms with Crippen molar-refractivity contribution in [3.05, 3.63) is 36.4 Å². The summed E-state index contributed by atoms with van der Waals surface area (Å²) in [6.45, 7) is 7.79. The summed E-state index contributed by atoms with van der Waals surface area (Å²) < 4.78 is 18.2. The molecule has 2 saturated carbocycles. The van der Waals surface area contributed by atoms with Crippen molar-refractivity contribution >= 4 is 38.6 Å². The van der Waals surface area contributed by atoms with Crippen LogP contribution in [0.2, 0.25) is 0 Å². The highest BCUT2D eigenvalue weighted by atomic mass is 32.1. The molecular formula is C28H34N4O5S. The molecule has 10 heteroatoms. The highest BCUT2D eigenvalue weighted by molar-refractivity contribution is 7.22. The van der Waals surface area contributed by atoms with Gasteiger partial charge >= 0.3 is 5.97 Å². The molecular weight excluding hydrogens is 504 g/mol. The maximum absolute atomic E-state index is 12.7. The van der Waals surface area contributed by atoms with Gasteiger partial charge in [-0.25, -0.2) is 15.0 Å². The second kappa shape index (κ2) is 11.0. The molecule has 2 aliphatic rings. The van der Waals surface area contributed by atoms with Crippen molar-refractivity contribution in [2.24, 2.45) is 5.92 Å². The van der Waals surface area contributed by atoms with Crippen LogP contribution in [0.4, 0.5) is 5.13 Å². The largest absolute Gasteiger partial charge is 0.460 e. The number of benzene rings is 1. The Kier molecular flexibility index (Phi) is 7.74. The number of ether oxygens (including phenoxy) is 3. The Morgan fingerprint density at radius 3 is 2.53 bits per heavy atom. The number of aromatic nitrogens is 3. The van der Waals surface area contributed by atoms with Gasteiger partial charge in [-0.3, -0.25) is 9.59 Å². The molecule has 0 radical (unpaired) electrons. The van der Waals surface area contributed by atoms with Crippen molar-refractivity contribution in [1.29, 1.82) is 0 Å². The van der Waals surface area contributed by atoms with Crippen molar-refractivity contribution in [3.63, 3.8) is 0 Å². The van der Waals surface area contributed by atoms with Crippen LogP contribution in [0.5, 0.6) is 0 Å². The summed E-state index contributed by atoms with van der Waals surface area (Å²) in [5.41, 5.74) is 2.49. The first-order chi connectivity index (χ1) is 18.1. The van der Waals surface area contributed by atoms with E-state index in [9.17, 15) is 9.59 Å². The number of esters is 1. The number of hydrogen-bond donors (Lipinski definition) is 1. The molecule has 0 bridgehead atoms. The number of carbonyl (C=O) groups is 2. The van der Waals surface area contributed by atoms with Crippen LogP contribution in [0.25, 0.3) is 21.3 Å². The van der Waals surface area contributed by atoms with E-state index in [-0.39, 0.29) is 48.3 Å². The molecule has 1 N–H and O–H groups in total. The van der Waals surface area contributed by atoms with Gasteiger partial charge in [0, 0.05) is 30.8 Å². The first kappa shape index (κ1) is 26.6. The van der Waals surface area contributed by atoms with Gasteiger partial charge < -0.3 is 19.5 Å². The zero-order valence-corrected chi connectivity index (χ0v) is 23.0. The molecule has 2 atom stereocenters. The van der Waals surface area contributed by atoms with Crippen LogP contribution in [0.1, 0.15) is 65.6 Å². The van der Waals surface area contributed by atoms with Gasteiger partial charge in [-0.2, -0.15) is 0 Å². The lowest BCUT2D eigenvalue weighted by atomic mass is 9.81. The molecule has 2 heterocycles. The van der Waals surface area contributed by atoms with Crippen LogP contribution in [0.3, 0.4) is 0 Å². The zero-order chi connectivity index (χ0) is 26.9. The van der Waals surface area contributed by atoms with Gasteiger partial charge in [0.15, 0.2) is 11.0 Å². The number of anilines is 1. The lowest BCUT2D eigenvalue weighted by molar-refractivity contribution is -0.153. The standard InChI is InChI=1S/C28H34N4O5S/c1-16(33)36-23-7-5-6-22(23)35-15-25-29-13-19(14-30-25)17-8-9-21-24(12-17)38-27(31-21)32-26(34)18-10-20(11-18)37-28(2,3)4/h8-9,12-14,18,20,22-23H,5-7,10-11,15H2,1-4H3,(H,31,32,34). The van der Waals surface area contributed by atoms with Crippen molar-refractivity contribution in [3.8, 4) is 11.1 Å². The Morgan fingerprint density at radius 2 is 1.82 bits per heavy atom. The summed E-state index contributed by atoms with van der Waals surface area (Å²) >= 11 is 1.46. The fraction of sp³-hybridized carbons (Fsp3) is 0.536. The molecule has 0 saturated heterocycles. The maximum Gasteiger partial charge on any atom is 0.302 e. The van der Waals surface area contributed by atoms with E-state index in [0.717, 1.165) is 53.4 Å². The fourth-order valence-electron chi connectivity index (χ4n) is 4.93. The molecule has 1 amide bonds. The Bertz CT molecular complexity index is 1300. The van der Waals surface area contributed by atoms with Crippen molar-refractivity contribution < 1.29 is 23.8 Å². The topological polar surface area (TPSA) is 113 Å². The van der Waals surface area contributed by atoms with E-state index in [1.54, 1.807) is 12.4 Å². The van der Waals surface area contributed by atoms with Crippen molar-refractivity contribution in [1.82, 2.24) is 15.0 Å². The molecule has 202 valence electrons. The minimum atomic E-state index is -0.281. The summed E-state index contributed by atoms with van der Waals surface area (Å²) in [4.78, 5) is 37.5. The Hall–Kier alpha value is -2.95. The quantitative estimate of drug-likeness (QED) is 0.385. The molecule has 2 fully saturated rings. The second-order valence-corrected chi connectivity index (χ2v) is 12.1. The SMILES string of the molecule is CC(=O)OC1CCCC1OCc1ncc(-c2ccc3nc(NC(=O)C4CC(OC(C)(C)C)C4)sc3c2)cn1. The third-order valence-electron chi connectivity index (χ3n) is 6.78. The van der Waals surface area contributed by atoms with Crippen LogP contribution in [0, 0.1) is 5.92 Å². The number of rotatable bonds is 8. The molecule has 2 aromatic heterocycles. The molecule has 5 rings (SSSR count). The normalized spacial score (nSPS) is 23.3. The summed E-state index contributed by atoms with van der Waals surface area (Å²) in [5.74, 6) is 0.265. The third kappa shape index (κ3) is 6.54. The van der Waals surface area contributed by atoms with Crippen LogP contribution in [-0.4, -0.2) is 50.7 Å². The van der Waals surface area contributed by atoms with E-state index in [4.69, 9.17) is 14.2 Å². The average Bonchev–Trinajstić information content (AvgIpc) is 3.44. The van der Waals surface area contributed by atoms with Crippen LogP contribution >= 0.6 is 11.3 Å². The average molecular weight is 539 g/mol. The highest BCUT2D eigenvalue weighted by Crippen LogP contribution is 2.35. The van der Waals surface area contributed by atoms with Crippen molar-refractivity contribution in [2.75, 3.05) is 5.32 Å². The molecule has 1 aromatic carbocycles. The molecule has 9 nitrogen and oxygen atoms in total. The number of carbonyl (C=O) groups excluding carboxylic acids is 2. The first-order valence-electron chi connectivity index (χ1n) is 13.1. The van der Waals surface area contributed by atoms with Crippen LogP contribution in [-0.2, 0) is 30.4 Å². The highest BCUT2D eigenvalue weighted by Gasteiger charge is 2.37. The molecule has 0 aliphatic heterocycles. The second-order valence-electron chi connectivity index (χ2n) is 11.0. The number of fused-ring (bicyclic) bond motifs is 1. The van der Waals surface area contributed by atoms with E-state index in [1.165, 1.54) is 18.3 Å². The third-order valence-corrected chi connectivity index (χ3v) is 7.71. The van der Waals surface area contributed by atoms with Gasteiger partial charge in [-0.05, 0) is 70.6 Å². The van der Waals surface area contributed by atoms with Gasteiger partial charge in [0.05, 0.1) is 28.0 Å². The fourth-order valence-corrected chi connectivity index (χ4v) is 5.84. The Balaban J connectivity index is 1.16. The summed E-state index contributed by atoms with van der Waals surface area (Å²) in [7, 11) is 0. The van der Waals surface area contributed by atoms with E-state index in [2.05, 4.69) is 20.3 Å². The van der Waals surface area contributed by atoms with Gasteiger partial charge in [0.1, 0.15) is 12.7 Å². The predicted octanol–water partition coefficient (Wildman–Crippen LogP) is 5.29. The van der Waals surface area contributed by atoms with Crippen LogP contribution < -0.4 is 5.32 Å². The number of hydrogen-bond acceptors (Lipinski definition) is 9. The molecule has 3 aromatic rings. The van der Waals surface area contributed by atoms with Gasteiger partial charge in [0.2, 0.25) is 5.91 Å². The summed E-state index contributed by atoms with van der Waals surface area (Å²) in [6, 6.07) is 5.96. The molecule has 0 spiro atoms. The number of amides is 1. The van der Waals surface area contributed by atoms with Crippen molar-refractivity contribution in [2.45, 2.75) is 90.3 Å². The number of thiazole rings is 1. The van der Waals surface area contributed by atoms with E-state index < -0.39 is 0 Å². The van der Waals surface area contributed by atoms with Gasteiger partial charge in [-0.1, -0.05) is 17.4 Å². The first-order valence-corrected chi connectivity index (χ1v) is 13.9. The van der Waals surface area contributed by atoms with E-state index >= 15 is 0 Å². The van der Waals surface area contributed by atoms with E-state index in [1.807, 2.05) is 39.0 Å². The van der Waals surface area contributed by atoms with Crippen LogP contribution in [0.15, 0.2) is 30.6 Å². The zero-order valence-electron chi connectivity index (χ0n) is 22.2. The Morgan fingerprint density at radius 1 is 1.08 bits per heavy atom. The summed E-state index contributed by atoms with van der Waals surface area (Å²) in [6.07, 6.45) is 7.53. The monoisotopic (exact) mass is 538 g/mol. The smallest absolute Gasteiger partial charge is 0.302 e. The lowest BCUT2D eigenvalue weighted by Crippen LogP contribution is -2.42. The lowest BCUT2D eigenvalue weighted by Gasteiger charge is -2.38. The Labute approximate surface area is 226 Å².